The van der Waals surface area contributed by atoms with Crippen molar-refractivity contribution in [3.63, 3.8) is 0 Å². The standard InChI is InChI=1S/C40H84OS/c1-5-9-13-17-21-25-29-33-37-42(41,38-34-30-26-22-18-14-10-6-2,39-35-31-27-23-19-15-11-7-3)40-36-32-28-24-20-16-12-8-4/h5-40H2,1-4H3. The van der Waals surface area contributed by atoms with E-state index in [-0.39, 0.29) is 0 Å². The lowest BCUT2D eigenvalue weighted by atomic mass is 10.1. The molecule has 1 nitrogen and oxygen atoms in total. The van der Waals surface area contributed by atoms with Crippen molar-refractivity contribution in [2.24, 2.45) is 0 Å². The Morgan fingerprint density at radius 3 is 0.548 bits per heavy atom. The Morgan fingerprint density at radius 2 is 0.381 bits per heavy atom. The van der Waals surface area contributed by atoms with Crippen LogP contribution in [0.4, 0.5) is 0 Å². The van der Waals surface area contributed by atoms with Crippen molar-refractivity contribution in [2.45, 2.75) is 233 Å². The first-order valence-corrected chi connectivity index (χ1v) is 22.8. The maximum Gasteiger partial charge on any atom is 0.00366 e. The normalized spacial score (nSPS) is 13.0. The summed E-state index contributed by atoms with van der Waals surface area (Å²) in [6.45, 7) is 9.23. The minimum absolute atomic E-state index is 1.07. The Labute approximate surface area is 268 Å². The lowest BCUT2D eigenvalue weighted by Crippen LogP contribution is -2.46. The maximum absolute atomic E-state index is 15.5. The molecular formula is C40H84OS. The summed E-state index contributed by atoms with van der Waals surface area (Å²) in [5.74, 6) is 4.26. The first-order valence-electron chi connectivity index (χ1n) is 20.1. The zero-order valence-corrected chi connectivity index (χ0v) is 31.1. The van der Waals surface area contributed by atoms with Crippen molar-refractivity contribution in [1.82, 2.24) is 0 Å². The van der Waals surface area contributed by atoms with E-state index in [1.54, 1.807) is 0 Å². The lowest BCUT2D eigenvalue weighted by molar-refractivity contribution is 0.565. The molecule has 0 N–H and O–H groups in total. The van der Waals surface area contributed by atoms with Gasteiger partial charge in [0, 0.05) is 23.0 Å². The summed E-state index contributed by atoms with van der Waals surface area (Å²) in [4.78, 5) is 0. The Balaban J connectivity index is 5.05. The molecule has 0 heterocycles. The Bertz CT molecular complexity index is 481. The van der Waals surface area contributed by atoms with Gasteiger partial charge in [0.15, 0.2) is 0 Å². The van der Waals surface area contributed by atoms with Crippen molar-refractivity contribution < 1.29 is 4.21 Å². The van der Waals surface area contributed by atoms with Gasteiger partial charge in [-0.05, 0) is 25.7 Å². The van der Waals surface area contributed by atoms with Crippen LogP contribution < -0.4 is 0 Å². The van der Waals surface area contributed by atoms with Gasteiger partial charge in [0.25, 0.3) is 0 Å². The fourth-order valence-electron chi connectivity index (χ4n) is 7.02. The van der Waals surface area contributed by atoms with Crippen molar-refractivity contribution >= 4 is 9.07 Å². The average molecular weight is 613 g/mol. The molecule has 2 heteroatoms. The smallest absolute Gasteiger partial charge is 0.00366 e. The average Bonchev–Trinajstić information content (AvgIpc) is 2.99. The van der Waals surface area contributed by atoms with Crippen LogP contribution in [0, 0.1) is 0 Å². The van der Waals surface area contributed by atoms with E-state index in [9.17, 15) is 0 Å². The van der Waals surface area contributed by atoms with Gasteiger partial charge in [-0.1, -0.05) is 217 Å². The minimum atomic E-state index is -2.56. The quantitative estimate of drug-likeness (QED) is 0.0643. The summed E-state index contributed by atoms with van der Waals surface area (Å²) in [7, 11) is -2.56. The van der Waals surface area contributed by atoms with E-state index in [0.717, 1.165) is 23.0 Å². The van der Waals surface area contributed by atoms with Crippen molar-refractivity contribution in [3.05, 3.63) is 0 Å². The molecule has 0 bridgehead atoms. The molecule has 42 heavy (non-hydrogen) atoms. The summed E-state index contributed by atoms with van der Waals surface area (Å²) >= 11 is 0. The predicted octanol–water partition coefficient (Wildman–Crippen LogP) is 14.4. The van der Waals surface area contributed by atoms with Crippen LogP contribution in [0.1, 0.15) is 233 Å². The Kier molecular flexibility index (Phi) is 31.3. The van der Waals surface area contributed by atoms with Gasteiger partial charge < -0.3 is 0 Å². The zero-order valence-electron chi connectivity index (χ0n) is 30.3. The van der Waals surface area contributed by atoms with Crippen LogP contribution in [0.3, 0.4) is 0 Å². The van der Waals surface area contributed by atoms with Crippen LogP contribution in [0.25, 0.3) is 0 Å². The third kappa shape index (κ3) is 26.5. The summed E-state index contributed by atoms with van der Waals surface area (Å²) in [6.07, 6.45) is 43.3. The molecular weight excluding hydrogens is 529 g/mol. The molecule has 0 radical (unpaired) electrons. The highest BCUT2D eigenvalue weighted by Gasteiger charge is 2.35. The molecule has 0 unspecified atom stereocenters. The molecule has 0 atom stereocenters. The van der Waals surface area contributed by atoms with E-state index >= 15 is 4.21 Å². The number of unbranched alkanes of at least 4 members (excludes halogenated alkanes) is 28. The third-order valence-corrected chi connectivity index (χ3v) is 15.3. The zero-order chi connectivity index (χ0) is 30.9. The first kappa shape index (κ1) is 42.1. The molecule has 0 aliphatic carbocycles. The molecule has 0 amide bonds. The Hall–Kier alpha value is 0.150. The van der Waals surface area contributed by atoms with E-state index in [4.69, 9.17) is 0 Å². The maximum atomic E-state index is 15.5. The summed E-state index contributed by atoms with van der Waals surface area (Å²) in [5, 5.41) is 0. The van der Waals surface area contributed by atoms with E-state index in [1.807, 2.05) is 0 Å². The van der Waals surface area contributed by atoms with Crippen molar-refractivity contribution in [2.75, 3.05) is 23.0 Å². The van der Waals surface area contributed by atoms with Crippen LogP contribution in [0.15, 0.2) is 0 Å². The molecule has 0 spiro atoms. The van der Waals surface area contributed by atoms with Gasteiger partial charge in [0.2, 0.25) is 0 Å². The topological polar surface area (TPSA) is 17.1 Å². The van der Waals surface area contributed by atoms with Crippen molar-refractivity contribution in [1.29, 1.82) is 0 Å². The molecule has 0 rings (SSSR count). The number of hydrogen-bond acceptors (Lipinski definition) is 1. The molecule has 256 valence electrons. The van der Waals surface area contributed by atoms with Gasteiger partial charge in [0.05, 0.1) is 0 Å². The van der Waals surface area contributed by atoms with E-state index in [2.05, 4.69) is 27.7 Å². The summed E-state index contributed by atoms with van der Waals surface area (Å²) in [6, 6.07) is 0. The predicted molar refractivity (Wildman–Crippen MR) is 198 cm³/mol. The minimum Gasteiger partial charge on any atom is -0.282 e. The van der Waals surface area contributed by atoms with Crippen LogP contribution in [0.2, 0.25) is 0 Å². The number of hydrogen-bond donors (Lipinski definition) is 0. The summed E-state index contributed by atoms with van der Waals surface area (Å²) < 4.78 is 15.5. The highest BCUT2D eigenvalue weighted by Crippen LogP contribution is 2.34. The molecule has 0 fully saturated rings. The van der Waals surface area contributed by atoms with Gasteiger partial charge >= 0.3 is 0 Å². The molecule has 0 saturated heterocycles. The van der Waals surface area contributed by atoms with Crippen LogP contribution >= 0.6 is 0 Å². The summed E-state index contributed by atoms with van der Waals surface area (Å²) in [5.41, 5.74) is 0. The molecule has 0 aromatic heterocycles. The molecule has 0 aliphatic rings. The molecule has 0 aliphatic heterocycles. The monoisotopic (exact) mass is 613 g/mol. The van der Waals surface area contributed by atoms with E-state index < -0.39 is 9.07 Å². The highest BCUT2D eigenvalue weighted by molar-refractivity contribution is 8.19. The SMILES string of the molecule is CCCCCCCCCCS(=O)(CCCCCCCCCC)(CCCCCCCCCC)CCCCCCCCCC. The largest absolute Gasteiger partial charge is 0.282 e. The van der Waals surface area contributed by atoms with Gasteiger partial charge in [-0.25, -0.2) is 0 Å². The lowest BCUT2D eigenvalue weighted by Gasteiger charge is -2.43. The molecule has 0 aromatic rings. The fraction of sp³-hybridized carbons (Fsp3) is 1.00. The number of rotatable bonds is 36. The van der Waals surface area contributed by atoms with Gasteiger partial charge in [-0.3, -0.25) is 4.21 Å². The second-order valence-corrected chi connectivity index (χ2v) is 19.4. The first-order chi connectivity index (χ1) is 20.5. The Morgan fingerprint density at radius 1 is 0.238 bits per heavy atom. The molecule has 0 aromatic carbocycles. The van der Waals surface area contributed by atoms with Crippen LogP contribution in [-0.2, 0) is 9.07 Å². The van der Waals surface area contributed by atoms with E-state index in [0.29, 0.717) is 0 Å². The fourth-order valence-corrected chi connectivity index (χ4v) is 12.0. The van der Waals surface area contributed by atoms with E-state index in [1.165, 1.54) is 205 Å². The second-order valence-electron chi connectivity index (χ2n) is 14.4. The van der Waals surface area contributed by atoms with Gasteiger partial charge in [-0.15, -0.1) is 0 Å². The van der Waals surface area contributed by atoms with Gasteiger partial charge in [0.1, 0.15) is 0 Å². The van der Waals surface area contributed by atoms with Crippen LogP contribution in [0.5, 0.6) is 0 Å². The van der Waals surface area contributed by atoms with Crippen LogP contribution in [-0.4, -0.2) is 27.2 Å². The molecule has 0 saturated carbocycles. The third-order valence-electron chi connectivity index (χ3n) is 10.1. The van der Waals surface area contributed by atoms with Gasteiger partial charge in [-0.2, -0.15) is 0 Å². The van der Waals surface area contributed by atoms with Crippen molar-refractivity contribution in [3.8, 4) is 0 Å². The second kappa shape index (κ2) is 31.1. The highest BCUT2D eigenvalue weighted by atomic mass is 32.3.